The minimum atomic E-state index is -2.89. The zero-order chi connectivity index (χ0) is 28.8. The number of nitrogens with one attached hydrogen (secondary N) is 2. The van der Waals surface area contributed by atoms with Crippen molar-refractivity contribution in [3.05, 3.63) is 83.4 Å². The van der Waals surface area contributed by atoms with Gasteiger partial charge in [0.2, 0.25) is 5.91 Å². The maximum absolute atomic E-state index is 12.9. The van der Waals surface area contributed by atoms with Crippen molar-refractivity contribution in [2.75, 3.05) is 48.4 Å². The number of hydrogen-bond acceptors (Lipinski definition) is 6. The summed E-state index contributed by atoms with van der Waals surface area (Å²) in [6.45, 7) is 5.26. The van der Waals surface area contributed by atoms with E-state index in [9.17, 15) is 18.0 Å². The fourth-order valence-corrected chi connectivity index (χ4v) is 6.58. The molecular weight excluding hydrogens is 538 g/mol. The lowest BCUT2D eigenvalue weighted by Crippen LogP contribution is -2.39. The second-order valence-electron chi connectivity index (χ2n) is 11.0. The fraction of sp³-hybridized carbons (Fsp3) is 0.375. The first-order valence-electron chi connectivity index (χ1n) is 14.2. The lowest BCUT2D eigenvalue weighted by Gasteiger charge is -2.26. The highest BCUT2D eigenvalue weighted by molar-refractivity contribution is 7.91. The highest BCUT2D eigenvalue weighted by atomic mass is 32.2. The van der Waals surface area contributed by atoms with Gasteiger partial charge < -0.3 is 15.4 Å². The summed E-state index contributed by atoms with van der Waals surface area (Å²) < 4.78 is 28.7. The summed E-state index contributed by atoms with van der Waals surface area (Å²) in [7, 11) is -2.89. The fourth-order valence-electron chi connectivity index (χ4n) is 5.30. The van der Waals surface area contributed by atoms with E-state index in [1.54, 1.807) is 12.1 Å². The van der Waals surface area contributed by atoms with E-state index in [1.807, 2.05) is 61.5 Å². The first kappa shape index (κ1) is 29.0. The van der Waals surface area contributed by atoms with Crippen LogP contribution in [0.5, 0.6) is 0 Å². The molecule has 2 fully saturated rings. The smallest absolute Gasteiger partial charge is 0.255 e. The van der Waals surface area contributed by atoms with Gasteiger partial charge in [0.1, 0.15) is 0 Å². The van der Waals surface area contributed by atoms with E-state index < -0.39 is 9.84 Å². The second kappa shape index (κ2) is 13.0. The molecule has 0 bridgehead atoms. The molecule has 2 heterocycles. The molecule has 0 atom stereocenters. The Morgan fingerprint density at radius 3 is 2.22 bits per heavy atom. The van der Waals surface area contributed by atoms with Gasteiger partial charge in [-0.2, -0.15) is 0 Å². The van der Waals surface area contributed by atoms with Crippen molar-refractivity contribution in [1.82, 2.24) is 4.90 Å². The molecule has 2 aliphatic rings. The molecule has 0 aliphatic carbocycles. The maximum Gasteiger partial charge on any atom is 0.255 e. The Morgan fingerprint density at radius 1 is 0.878 bits per heavy atom. The predicted octanol–water partition coefficient (Wildman–Crippen LogP) is 4.90. The monoisotopic (exact) mass is 575 g/mol. The van der Waals surface area contributed by atoms with Crippen LogP contribution < -0.4 is 10.6 Å². The Kier molecular flexibility index (Phi) is 9.17. The van der Waals surface area contributed by atoms with Gasteiger partial charge in [0, 0.05) is 56.2 Å². The predicted molar refractivity (Wildman–Crippen MR) is 162 cm³/mol. The average Bonchev–Trinajstić information content (AvgIpc) is 2.97. The molecule has 0 aromatic heterocycles. The summed E-state index contributed by atoms with van der Waals surface area (Å²) in [5.41, 5.74) is 6.13. The van der Waals surface area contributed by atoms with Crippen LogP contribution in [-0.2, 0) is 25.9 Å². The summed E-state index contributed by atoms with van der Waals surface area (Å²) in [6.07, 6.45) is 2.35. The van der Waals surface area contributed by atoms with E-state index in [0.29, 0.717) is 43.2 Å². The van der Waals surface area contributed by atoms with Crippen molar-refractivity contribution < 1.29 is 22.7 Å². The standard InChI is InChI=1S/C32H37N3O5S/c1-23-2-9-29(33-31(36)20-24-12-16-40-17-13-24)21-30(23)26-5-7-27(8-6-26)32(37)34-28-10-3-25(4-11-28)22-35-14-18-41(38,39)19-15-35/h2-11,21,24H,12-20,22H2,1H3,(H,33,36)(H,34,37). The lowest BCUT2D eigenvalue weighted by atomic mass is 9.96. The van der Waals surface area contributed by atoms with E-state index in [4.69, 9.17) is 4.74 Å². The zero-order valence-electron chi connectivity index (χ0n) is 23.4. The molecule has 2 N–H and O–H groups in total. The average molecular weight is 576 g/mol. The Hall–Kier alpha value is -3.53. The third-order valence-electron chi connectivity index (χ3n) is 7.85. The van der Waals surface area contributed by atoms with Gasteiger partial charge in [-0.25, -0.2) is 8.42 Å². The Morgan fingerprint density at radius 2 is 1.54 bits per heavy atom. The van der Waals surface area contributed by atoms with Gasteiger partial charge in [-0.1, -0.05) is 30.3 Å². The van der Waals surface area contributed by atoms with Crippen molar-refractivity contribution in [1.29, 1.82) is 0 Å². The molecule has 8 nitrogen and oxygen atoms in total. The molecule has 2 amide bonds. The number of carbonyl (C=O) groups excluding carboxylic acids is 2. The van der Waals surface area contributed by atoms with E-state index >= 15 is 0 Å². The third kappa shape index (κ3) is 8.03. The van der Waals surface area contributed by atoms with Gasteiger partial charge >= 0.3 is 0 Å². The van der Waals surface area contributed by atoms with Crippen LogP contribution in [0, 0.1) is 12.8 Å². The number of amides is 2. The number of rotatable bonds is 8. The van der Waals surface area contributed by atoms with Gasteiger partial charge in [0.25, 0.3) is 5.91 Å². The van der Waals surface area contributed by atoms with E-state index in [1.165, 1.54) is 0 Å². The van der Waals surface area contributed by atoms with Crippen molar-refractivity contribution in [2.45, 2.75) is 32.7 Å². The highest BCUT2D eigenvalue weighted by Crippen LogP contribution is 2.28. The Labute approximate surface area is 242 Å². The molecule has 0 spiro atoms. The van der Waals surface area contributed by atoms with Gasteiger partial charge in [-0.3, -0.25) is 14.5 Å². The Balaban J connectivity index is 1.17. The van der Waals surface area contributed by atoms with E-state index in [0.717, 1.165) is 54.0 Å². The number of sulfone groups is 1. The molecule has 2 aliphatic heterocycles. The van der Waals surface area contributed by atoms with Crippen LogP contribution in [0.4, 0.5) is 11.4 Å². The summed E-state index contributed by atoms with van der Waals surface area (Å²) in [6, 6.07) is 21.0. The summed E-state index contributed by atoms with van der Waals surface area (Å²) in [4.78, 5) is 27.6. The molecule has 0 radical (unpaired) electrons. The molecule has 0 unspecified atom stereocenters. The van der Waals surface area contributed by atoms with Crippen LogP contribution in [0.3, 0.4) is 0 Å². The first-order chi connectivity index (χ1) is 19.7. The van der Waals surface area contributed by atoms with Crippen LogP contribution in [-0.4, -0.2) is 62.9 Å². The molecule has 0 saturated carbocycles. The van der Waals surface area contributed by atoms with Crippen molar-refractivity contribution >= 4 is 33.0 Å². The number of aryl methyl sites for hydroxylation is 1. The van der Waals surface area contributed by atoms with Crippen molar-refractivity contribution in [3.63, 3.8) is 0 Å². The van der Waals surface area contributed by atoms with E-state index in [-0.39, 0.29) is 23.3 Å². The first-order valence-corrected chi connectivity index (χ1v) is 16.0. The molecule has 3 aromatic rings. The van der Waals surface area contributed by atoms with Crippen LogP contribution in [0.15, 0.2) is 66.7 Å². The van der Waals surface area contributed by atoms with Crippen LogP contribution in [0.1, 0.15) is 40.7 Å². The molecule has 9 heteroatoms. The van der Waals surface area contributed by atoms with Crippen LogP contribution >= 0.6 is 0 Å². The molecule has 3 aromatic carbocycles. The topological polar surface area (TPSA) is 105 Å². The number of benzene rings is 3. The van der Waals surface area contributed by atoms with Gasteiger partial charge in [0.05, 0.1) is 11.5 Å². The normalized spacial score (nSPS) is 17.6. The van der Waals surface area contributed by atoms with Crippen LogP contribution in [0.2, 0.25) is 0 Å². The summed E-state index contributed by atoms with van der Waals surface area (Å²) in [5.74, 6) is 0.606. The van der Waals surface area contributed by atoms with Crippen LogP contribution in [0.25, 0.3) is 11.1 Å². The quantitative estimate of drug-likeness (QED) is 0.396. The van der Waals surface area contributed by atoms with E-state index in [2.05, 4.69) is 15.5 Å². The number of nitrogens with zero attached hydrogens (tertiary/aromatic N) is 1. The molecule has 2 saturated heterocycles. The van der Waals surface area contributed by atoms with Gasteiger partial charge in [-0.05, 0) is 84.3 Å². The summed E-state index contributed by atoms with van der Waals surface area (Å²) >= 11 is 0. The number of anilines is 2. The second-order valence-corrected chi connectivity index (χ2v) is 13.3. The number of ether oxygens (including phenoxy) is 1. The minimum Gasteiger partial charge on any atom is -0.381 e. The maximum atomic E-state index is 12.9. The largest absolute Gasteiger partial charge is 0.381 e. The Bertz CT molecular complexity index is 1470. The van der Waals surface area contributed by atoms with Gasteiger partial charge in [0.15, 0.2) is 9.84 Å². The SMILES string of the molecule is Cc1ccc(NC(=O)CC2CCOCC2)cc1-c1ccc(C(=O)Nc2ccc(CN3CCS(=O)(=O)CC3)cc2)cc1. The highest BCUT2D eigenvalue weighted by Gasteiger charge is 2.21. The lowest BCUT2D eigenvalue weighted by molar-refractivity contribution is -0.117. The van der Waals surface area contributed by atoms with Gasteiger partial charge in [-0.15, -0.1) is 0 Å². The molecule has 41 heavy (non-hydrogen) atoms. The molecule has 5 rings (SSSR count). The minimum absolute atomic E-state index is 0.0219. The molecule has 216 valence electrons. The zero-order valence-corrected chi connectivity index (χ0v) is 24.2. The molecular formula is C32H37N3O5S. The number of hydrogen-bond donors (Lipinski definition) is 2. The third-order valence-corrected chi connectivity index (χ3v) is 9.46. The van der Waals surface area contributed by atoms with Crippen molar-refractivity contribution in [2.24, 2.45) is 5.92 Å². The van der Waals surface area contributed by atoms with Crippen molar-refractivity contribution in [3.8, 4) is 11.1 Å². The summed E-state index contributed by atoms with van der Waals surface area (Å²) in [5, 5.41) is 5.99. The number of carbonyl (C=O) groups is 2.